The van der Waals surface area contributed by atoms with Crippen LogP contribution in [0.25, 0.3) is 0 Å². The first-order chi connectivity index (χ1) is 12.5. The van der Waals surface area contributed by atoms with E-state index in [1.165, 1.54) is 6.07 Å². The number of hydrogen-bond donors (Lipinski definition) is 0. The lowest BCUT2D eigenvalue weighted by molar-refractivity contribution is -0.286. The van der Waals surface area contributed by atoms with Crippen molar-refractivity contribution in [2.75, 3.05) is 6.61 Å². The lowest BCUT2D eigenvalue weighted by Gasteiger charge is -2.24. The first kappa shape index (κ1) is 23.5. The second kappa shape index (κ2) is 7.83. The minimum Gasteiger partial charge on any atom is -0.457 e. The molecule has 0 aliphatic rings. The van der Waals surface area contributed by atoms with Gasteiger partial charge in [-0.05, 0) is 5.56 Å². The predicted octanol–water partition coefficient (Wildman–Crippen LogP) is 4.21. The molecule has 0 bridgehead atoms. The summed E-state index contributed by atoms with van der Waals surface area (Å²) in [6.45, 7) is -1.69. The Labute approximate surface area is 149 Å². The topological polar surface area (TPSA) is 52.6 Å². The highest BCUT2D eigenvalue weighted by Crippen LogP contribution is 2.39. The monoisotopic (exact) mass is 430 g/mol. The molecule has 0 radical (unpaired) electrons. The Balaban J connectivity index is 3.04. The molecule has 0 heterocycles. The molecule has 1 aromatic rings. The van der Waals surface area contributed by atoms with Crippen molar-refractivity contribution in [3.63, 3.8) is 0 Å². The van der Waals surface area contributed by atoms with Crippen molar-refractivity contribution in [3.8, 4) is 0 Å². The number of benzene rings is 1. The highest BCUT2D eigenvalue weighted by atomic mass is 19.4. The zero-order valence-electron chi connectivity index (χ0n) is 13.1. The lowest BCUT2D eigenvalue weighted by atomic mass is 10.1. The van der Waals surface area contributed by atoms with Gasteiger partial charge in [-0.25, -0.2) is 9.59 Å². The average Bonchev–Trinajstić information content (AvgIpc) is 2.56. The molecule has 158 valence electrons. The van der Waals surface area contributed by atoms with Crippen molar-refractivity contribution in [1.82, 2.24) is 0 Å². The van der Waals surface area contributed by atoms with Gasteiger partial charge in [-0.1, -0.05) is 30.3 Å². The van der Waals surface area contributed by atoms with Crippen LogP contribution in [0, 0.1) is 0 Å². The quantitative estimate of drug-likeness (QED) is 0.502. The average molecular weight is 430 g/mol. The molecule has 0 N–H and O–H groups in total. The number of rotatable bonds is 6. The van der Waals surface area contributed by atoms with Crippen LogP contribution in [-0.2, 0) is 19.1 Å². The summed E-state index contributed by atoms with van der Waals surface area (Å²) in [5, 5.41) is 0. The van der Waals surface area contributed by atoms with Gasteiger partial charge in [0.25, 0.3) is 0 Å². The molecule has 0 spiro atoms. The minimum atomic E-state index is -6.37. The maximum absolute atomic E-state index is 13.0. The number of hydrogen-bond acceptors (Lipinski definition) is 4. The van der Waals surface area contributed by atoms with E-state index in [0.717, 1.165) is 24.3 Å². The summed E-state index contributed by atoms with van der Waals surface area (Å²) in [5.74, 6) is -18.3. The zero-order chi connectivity index (χ0) is 22.0. The molecule has 0 saturated carbocycles. The van der Waals surface area contributed by atoms with Crippen molar-refractivity contribution in [2.45, 2.75) is 30.3 Å². The summed E-state index contributed by atoms with van der Waals surface area (Å²) in [6, 6.07) is 5.48. The molecule has 1 unspecified atom stereocenters. The van der Waals surface area contributed by atoms with Gasteiger partial charge in [-0.15, -0.1) is 0 Å². The third kappa shape index (κ3) is 5.04. The molecule has 14 heteroatoms. The summed E-state index contributed by atoms with van der Waals surface area (Å²) >= 11 is 0. The first-order valence-electron chi connectivity index (χ1n) is 6.84. The Morgan fingerprint density at radius 1 is 0.750 bits per heavy atom. The highest BCUT2D eigenvalue weighted by Gasteiger charge is 2.66. The van der Waals surface area contributed by atoms with Crippen molar-refractivity contribution in [3.05, 3.63) is 35.9 Å². The molecular weight excluding hydrogens is 422 g/mol. The Hall–Kier alpha value is -2.54. The van der Waals surface area contributed by atoms with Crippen LogP contribution in [0.15, 0.2) is 30.3 Å². The van der Waals surface area contributed by atoms with Crippen LogP contribution >= 0.6 is 0 Å². The third-order valence-electron chi connectivity index (χ3n) is 3.01. The minimum absolute atomic E-state index is 0.419. The van der Waals surface area contributed by atoms with Crippen molar-refractivity contribution < 1.29 is 63.0 Å². The Morgan fingerprint density at radius 2 is 1.18 bits per heavy atom. The van der Waals surface area contributed by atoms with E-state index in [0.29, 0.717) is 0 Å². The number of halogens is 10. The highest BCUT2D eigenvalue weighted by molar-refractivity contribution is 5.79. The standard InChI is InChI=1S/C14H8F10O4/c15-11(16,13(19,20)21)9(25)27-6-8(7-4-2-1-3-5-7)28-10(26)12(17,18)14(22,23)24/h1-5,8H,6H2. The maximum Gasteiger partial charge on any atom is 0.465 e. The summed E-state index contributed by atoms with van der Waals surface area (Å²) in [6.07, 6.45) is -15.0. The molecule has 0 aromatic heterocycles. The smallest absolute Gasteiger partial charge is 0.457 e. The van der Waals surface area contributed by atoms with E-state index < -0.39 is 54.4 Å². The molecule has 0 aliphatic heterocycles. The molecule has 1 rings (SSSR count). The van der Waals surface area contributed by atoms with Gasteiger partial charge in [0.1, 0.15) is 6.61 Å². The summed E-state index contributed by atoms with van der Waals surface area (Å²) in [4.78, 5) is 22.1. The van der Waals surface area contributed by atoms with E-state index >= 15 is 0 Å². The third-order valence-corrected chi connectivity index (χ3v) is 3.01. The zero-order valence-corrected chi connectivity index (χ0v) is 13.1. The summed E-state index contributed by atoms with van der Waals surface area (Å²) in [7, 11) is 0. The first-order valence-corrected chi connectivity index (χ1v) is 6.84. The summed E-state index contributed by atoms with van der Waals surface area (Å²) < 4.78 is 132. The van der Waals surface area contributed by atoms with Gasteiger partial charge < -0.3 is 9.47 Å². The molecule has 4 nitrogen and oxygen atoms in total. The Bertz CT molecular complexity index is 696. The molecule has 0 saturated heterocycles. The largest absolute Gasteiger partial charge is 0.465 e. The molecule has 0 fully saturated rings. The van der Waals surface area contributed by atoms with Gasteiger partial charge in [0.05, 0.1) is 0 Å². The van der Waals surface area contributed by atoms with Crippen LogP contribution in [0.2, 0.25) is 0 Å². The van der Waals surface area contributed by atoms with Gasteiger partial charge >= 0.3 is 36.1 Å². The van der Waals surface area contributed by atoms with Crippen LogP contribution in [-0.4, -0.2) is 42.7 Å². The van der Waals surface area contributed by atoms with Gasteiger partial charge in [-0.2, -0.15) is 43.9 Å². The van der Waals surface area contributed by atoms with Crippen LogP contribution in [0.4, 0.5) is 43.9 Å². The van der Waals surface area contributed by atoms with Gasteiger partial charge in [0.2, 0.25) is 0 Å². The van der Waals surface area contributed by atoms with E-state index in [9.17, 15) is 53.5 Å². The summed E-state index contributed by atoms with van der Waals surface area (Å²) in [5.41, 5.74) is -0.419. The molecular formula is C14H8F10O4. The van der Waals surface area contributed by atoms with Crippen molar-refractivity contribution in [2.24, 2.45) is 0 Å². The number of alkyl halides is 10. The molecule has 0 amide bonds. The van der Waals surface area contributed by atoms with E-state index in [1.807, 2.05) is 0 Å². The Morgan fingerprint density at radius 3 is 1.61 bits per heavy atom. The van der Waals surface area contributed by atoms with E-state index in [4.69, 9.17) is 0 Å². The van der Waals surface area contributed by atoms with Crippen molar-refractivity contribution >= 4 is 11.9 Å². The fourth-order valence-corrected chi connectivity index (χ4v) is 1.54. The molecule has 28 heavy (non-hydrogen) atoms. The Kier molecular flexibility index (Phi) is 6.57. The second-order valence-electron chi connectivity index (χ2n) is 5.05. The SMILES string of the molecule is O=C(OCC(OC(=O)C(F)(F)C(F)(F)F)c1ccccc1)C(F)(F)C(F)(F)F. The number of ether oxygens (including phenoxy) is 2. The van der Waals surface area contributed by atoms with Crippen LogP contribution in [0.1, 0.15) is 11.7 Å². The molecule has 1 atom stereocenters. The van der Waals surface area contributed by atoms with E-state index in [1.54, 1.807) is 0 Å². The van der Waals surface area contributed by atoms with Crippen LogP contribution < -0.4 is 0 Å². The van der Waals surface area contributed by atoms with Gasteiger partial charge in [0.15, 0.2) is 6.10 Å². The van der Waals surface area contributed by atoms with Crippen molar-refractivity contribution in [1.29, 1.82) is 0 Å². The molecule has 0 aliphatic carbocycles. The van der Waals surface area contributed by atoms with Gasteiger partial charge in [0, 0.05) is 0 Å². The fraction of sp³-hybridized carbons (Fsp3) is 0.429. The van der Waals surface area contributed by atoms with Crippen LogP contribution in [0.3, 0.4) is 0 Å². The predicted molar refractivity (Wildman–Crippen MR) is 68.2 cm³/mol. The number of carbonyl (C=O) groups is 2. The van der Waals surface area contributed by atoms with E-state index in [2.05, 4.69) is 9.47 Å². The van der Waals surface area contributed by atoms with E-state index in [-0.39, 0.29) is 0 Å². The van der Waals surface area contributed by atoms with Crippen LogP contribution in [0.5, 0.6) is 0 Å². The number of esters is 2. The maximum atomic E-state index is 13.0. The number of carbonyl (C=O) groups excluding carboxylic acids is 2. The normalized spacial score (nSPS) is 14.4. The fourth-order valence-electron chi connectivity index (χ4n) is 1.54. The molecule has 1 aromatic carbocycles. The van der Waals surface area contributed by atoms with Gasteiger partial charge in [-0.3, -0.25) is 0 Å². The lowest BCUT2D eigenvalue weighted by Crippen LogP contribution is -2.47. The second-order valence-corrected chi connectivity index (χ2v) is 5.05.